The summed E-state index contributed by atoms with van der Waals surface area (Å²) in [6.45, 7) is 0. The SMILES string of the molecule is O=C(Cc1cncc([N+](=O)[O-])c1)c1cc(NC(=O)[C@H]2C(c3cc(Cl)cc(Cl)c3)C2(Cl)Cl)ccc1Cl. The fraction of sp³-hybridized carbons (Fsp3) is 0.174. The maximum Gasteiger partial charge on any atom is 0.287 e. The van der Waals surface area contributed by atoms with E-state index in [4.69, 9.17) is 58.0 Å². The quantitative estimate of drug-likeness (QED) is 0.143. The van der Waals surface area contributed by atoms with Gasteiger partial charge in [-0.2, -0.15) is 0 Å². The second-order valence-corrected chi connectivity index (χ2v) is 10.6. The van der Waals surface area contributed by atoms with E-state index >= 15 is 0 Å². The molecule has 1 unspecified atom stereocenters. The molecule has 4 rings (SSSR count). The third kappa shape index (κ3) is 5.55. The molecule has 0 saturated heterocycles. The molecule has 180 valence electrons. The van der Waals surface area contributed by atoms with Gasteiger partial charge in [0.15, 0.2) is 5.78 Å². The van der Waals surface area contributed by atoms with E-state index < -0.39 is 32.8 Å². The van der Waals surface area contributed by atoms with Gasteiger partial charge in [0.05, 0.1) is 15.9 Å². The number of amides is 1. The first-order valence-corrected chi connectivity index (χ1v) is 11.9. The minimum absolute atomic E-state index is 0.132. The first kappa shape index (κ1) is 25.7. The van der Waals surface area contributed by atoms with Gasteiger partial charge in [-0.1, -0.05) is 34.8 Å². The number of nitro groups is 1. The number of ketones is 1. The highest BCUT2D eigenvalue weighted by Crippen LogP contribution is 2.65. The van der Waals surface area contributed by atoms with Gasteiger partial charge in [-0.25, -0.2) is 0 Å². The van der Waals surface area contributed by atoms with E-state index in [0.717, 1.165) is 6.20 Å². The lowest BCUT2D eigenvalue weighted by Crippen LogP contribution is -2.17. The number of alkyl halides is 2. The Morgan fingerprint density at radius 2 is 1.71 bits per heavy atom. The van der Waals surface area contributed by atoms with Crippen molar-refractivity contribution in [2.24, 2.45) is 5.92 Å². The summed E-state index contributed by atoms with van der Waals surface area (Å²) < 4.78 is -1.36. The highest BCUT2D eigenvalue weighted by Gasteiger charge is 2.67. The van der Waals surface area contributed by atoms with Crippen molar-refractivity contribution < 1.29 is 14.5 Å². The van der Waals surface area contributed by atoms with Crippen LogP contribution in [0.4, 0.5) is 11.4 Å². The molecule has 1 heterocycles. The number of hydrogen-bond acceptors (Lipinski definition) is 5. The highest BCUT2D eigenvalue weighted by atomic mass is 35.5. The summed E-state index contributed by atoms with van der Waals surface area (Å²) in [5.41, 5.74) is 1.19. The van der Waals surface area contributed by atoms with Crippen LogP contribution in [0.1, 0.15) is 27.4 Å². The minimum atomic E-state index is -1.36. The number of aromatic nitrogens is 1. The molecule has 3 aromatic rings. The Hall–Kier alpha value is -2.42. The second kappa shape index (κ2) is 9.91. The summed E-state index contributed by atoms with van der Waals surface area (Å²) >= 11 is 31.1. The van der Waals surface area contributed by atoms with Crippen LogP contribution < -0.4 is 5.32 Å². The van der Waals surface area contributed by atoms with Crippen LogP contribution in [0.3, 0.4) is 0 Å². The van der Waals surface area contributed by atoms with Crippen molar-refractivity contribution in [3.63, 3.8) is 0 Å². The van der Waals surface area contributed by atoms with Crippen LogP contribution >= 0.6 is 58.0 Å². The number of anilines is 1. The average Bonchev–Trinajstić information content (AvgIpc) is 3.36. The van der Waals surface area contributed by atoms with E-state index in [1.807, 2.05) is 0 Å². The Morgan fingerprint density at radius 3 is 2.37 bits per heavy atom. The number of nitrogens with zero attached hydrogens (tertiary/aromatic N) is 2. The smallest absolute Gasteiger partial charge is 0.287 e. The molecule has 2 atom stereocenters. The lowest BCUT2D eigenvalue weighted by Gasteiger charge is -2.09. The van der Waals surface area contributed by atoms with Gasteiger partial charge in [-0.15, -0.1) is 23.2 Å². The highest BCUT2D eigenvalue weighted by molar-refractivity contribution is 6.53. The van der Waals surface area contributed by atoms with E-state index in [9.17, 15) is 19.7 Å². The average molecular weight is 574 g/mol. The zero-order chi connectivity index (χ0) is 25.5. The first-order valence-electron chi connectivity index (χ1n) is 10.0. The molecule has 1 aliphatic carbocycles. The zero-order valence-corrected chi connectivity index (χ0v) is 21.3. The molecule has 1 aliphatic rings. The molecule has 1 aromatic heterocycles. The molecule has 1 saturated carbocycles. The van der Waals surface area contributed by atoms with Gasteiger partial charge in [0.2, 0.25) is 5.91 Å². The number of pyridine rings is 1. The van der Waals surface area contributed by atoms with E-state index in [2.05, 4.69) is 10.3 Å². The molecule has 7 nitrogen and oxygen atoms in total. The Bertz CT molecular complexity index is 1340. The molecule has 0 radical (unpaired) electrons. The normalized spacial score (nSPS) is 18.1. The van der Waals surface area contributed by atoms with Crippen molar-refractivity contribution in [2.75, 3.05) is 5.32 Å². The van der Waals surface area contributed by atoms with Gasteiger partial charge in [0.1, 0.15) is 10.5 Å². The van der Waals surface area contributed by atoms with Crippen LogP contribution in [0.15, 0.2) is 54.9 Å². The fourth-order valence-electron chi connectivity index (χ4n) is 3.81. The third-order valence-corrected chi connectivity index (χ3v) is 7.18. The van der Waals surface area contributed by atoms with Crippen molar-refractivity contribution in [2.45, 2.75) is 16.7 Å². The molecule has 1 N–H and O–H groups in total. The van der Waals surface area contributed by atoms with Gasteiger partial charge in [0.25, 0.3) is 5.69 Å². The Balaban J connectivity index is 1.51. The molecule has 1 amide bonds. The molecule has 0 aliphatic heterocycles. The van der Waals surface area contributed by atoms with Crippen LogP contribution in [0.2, 0.25) is 15.1 Å². The largest absolute Gasteiger partial charge is 0.326 e. The van der Waals surface area contributed by atoms with Crippen molar-refractivity contribution in [3.8, 4) is 0 Å². The summed E-state index contributed by atoms with van der Waals surface area (Å²) in [4.78, 5) is 40.0. The van der Waals surface area contributed by atoms with Gasteiger partial charge >= 0.3 is 0 Å². The topological polar surface area (TPSA) is 102 Å². The number of nitrogens with one attached hydrogen (secondary N) is 1. The number of halogens is 5. The predicted molar refractivity (Wildman–Crippen MR) is 136 cm³/mol. The fourth-order valence-corrected chi connectivity index (χ4v) is 5.40. The van der Waals surface area contributed by atoms with E-state index in [1.165, 1.54) is 30.5 Å². The van der Waals surface area contributed by atoms with Gasteiger partial charge in [-0.05, 0) is 47.5 Å². The standard InChI is InChI=1S/C23H14Cl5N3O4/c24-13-5-12(6-14(25)7-13)20-21(23(20,27)28)22(33)30-15-1-2-18(26)17(8-15)19(32)4-11-3-16(31(34)35)10-29-9-11/h1-3,5-10,20-21H,4H2,(H,30,33)/t20?,21-/m1/s1. The van der Waals surface area contributed by atoms with Crippen LogP contribution in [0.5, 0.6) is 0 Å². The monoisotopic (exact) mass is 571 g/mol. The molecule has 2 aromatic carbocycles. The summed E-state index contributed by atoms with van der Waals surface area (Å²) in [6.07, 6.45) is 2.28. The molecular weight excluding hydrogens is 560 g/mol. The number of benzene rings is 2. The predicted octanol–water partition coefficient (Wildman–Crippen LogP) is 6.90. The van der Waals surface area contributed by atoms with Crippen molar-refractivity contribution in [3.05, 3.63) is 96.7 Å². The Morgan fingerprint density at radius 1 is 1.03 bits per heavy atom. The lowest BCUT2D eigenvalue weighted by atomic mass is 10.0. The summed E-state index contributed by atoms with van der Waals surface area (Å²) in [5, 5.41) is 14.6. The van der Waals surface area contributed by atoms with Gasteiger partial charge < -0.3 is 5.32 Å². The number of Topliss-reactive ketones (excluding diaryl/α,β-unsaturated/α-hetero) is 1. The Labute approximate surface area is 224 Å². The number of carbonyl (C=O) groups is 2. The molecule has 35 heavy (non-hydrogen) atoms. The van der Waals surface area contributed by atoms with Crippen molar-refractivity contribution in [1.29, 1.82) is 0 Å². The van der Waals surface area contributed by atoms with Crippen molar-refractivity contribution in [1.82, 2.24) is 4.98 Å². The van der Waals surface area contributed by atoms with E-state index in [0.29, 0.717) is 26.9 Å². The number of hydrogen-bond donors (Lipinski definition) is 1. The van der Waals surface area contributed by atoms with E-state index in [-0.39, 0.29) is 22.7 Å². The van der Waals surface area contributed by atoms with Crippen LogP contribution in [0, 0.1) is 16.0 Å². The molecule has 12 heteroatoms. The number of carbonyl (C=O) groups excluding carboxylic acids is 2. The molecule has 0 spiro atoms. The third-order valence-electron chi connectivity index (χ3n) is 5.47. The summed E-state index contributed by atoms with van der Waals surface area (Å²) in [7, 11) is 0. The lowest BCUT2D eigenvalue weighted by molar-refractivity contribution is -0.385. The summed E-state index contributed by atoms with van der Waals surface area (Å²) in [6, 6.07) is 10.5. The first-order chi connectivity index (χ1) is 16.5. The molecular formula is C23H14Cl5N3O4. The minimum Gasteiger partial charge on any atom is -0.326 e. The maximum absolute atomic E-state index is 13.0. The van der Waals surface area contributed by atoms with Crippen molar-refractivity contribution >= 4 is 81.1 Å². The molecule has 0 bridgehead atoms. The zero-order valence-electron chi connectivity index (χ0n) is 17.5. The van der Waals surface area contributed by atoms with Crippen LogP contribution in [-0.4, -0.2) is 25.9 Å². The van der Waals surface area contributed by atoms with Gasteiger partial charge in [0, 0.05) is 45.9 Å². The Kier molecular flexibility index (Phi) is 7.27. The van der Waals surface area contributed by atoms with Crippen LogP contribution in [-0.2, 0) is 11.2 Å². The maximum atomic E-state index is 13.0. The molecule has 1 fully saturated rings. The van der Waals surface area contributed by atoms with Crippen LogP contribution in [0.25, 0.3) is 0 Å². The number of rotatable bonds is 7. The van der Waals surface area contributed by atoms with E-state index in [1.54, 1.807) is 18.2 Å². The van der Waals surface area contributed by atoms with Gasteiger partial charge in [-0.3, -0.25) is 24.7 Å². The summed E-state index contributed by atoms with van der Waals surface area (Å²) in [5.74, 6) is -2.18. The second-order valence-electron chi connectivity index (χ2n) is 7.92.